The van der Waals surface area contributed by atoms with Crippen LogP contribution in [-0.4, -0.2) is 18.5 Å². The van der Waals surface area contributed by atoms with Crippen LogP contribution in [0.5, 0.6) is 0 Å². The molecular weight excluding hydrogens is 238 g/mol. The van der Waals surface area contributed by atoms with E-state index in [9.17, 15) is 13.6 Å². The van der Waals surface area contributed by atoms with Crippen LogP contribution in [0.1, 0.15) is 19.8 Å². The third-order valence-corrected chi connectivity index (χ3v) is 3.18. The molecule has 0 spiro atoms. The number of anilines is 1. The van der Waals surface area contributed by atoms with Gasteiger partial charge < -0.3 is 10.6 Å². The molecule has 1 aromatic rings. The van der Waals surface area contributed by atoms with Crippen molar-refractivity contribution in [2.75, 3.05) is 11.9 Å². The first kappa shape index (κ1) is 13.0. The maximum Gasteiger partial charge on any atom is 0.227 e. The molecule has 2 N–H and O–H groups in total. The summed E-state index contributed by atoms with van der Waals surface area (Å²) in [6.45, 7) is 2.83. The number of piperidine rings is 1. The smallest absolute Gasteiger partial charge is 0.227 e. The average Bonchev–Trinajstić information content (AvgIpc) is 2.34. The summed E-state index contributed by atoms with van der Waals surface area (Å²) >= 11 is 0. The summed E-state index contributed by atoms with van der Waals surface area (Å²) in [6, 6.07) is 3.67. The Labute approximate surface area is 105 Å². The van der Waals surface area contributed by atoms with Crippen molar-refractivity contribution in [3.05, 3.63) is 29.8 Å². The van der Waals surface area contributed by atoms with E-state index in [2.05, 4.69) is 10.6 Å². The summed E-state index contributed by atoms with van der Waals surface area (Å²) in [5.74, 6) is -2.07. The van der Waals surface area contributed by atoms with Crippen LogP contribution in [0.25, 0.3) is 0 Å². The molecule has 0 saturated carbocycles. The van der Waals surface area contributed by atoms with E-state index in [0.717, 1.165) is 31.5 Å². The number of benzene rings is 1. The number of carbonyl (C=O) groups excluding carboxylic acids is 1. The highest BCUT2D eigenvalue weighted by Gasteiger charge is 2.24. The minimum atomic E-state index is -0.952. The predicted octanol–water partition coefficient (Wildman–Crippen LogP) is 2.29. The first-order chi connectivity index (χ1) is 8.56. The van der Waals surface area contributed by atoms with Crippen molar-refractivity contribution in [2.45, 2.75) is 25.8 Å². The van der Waals surface area contributed by atoms with E-state index >= 15 is 0 Å². The molecule has 0 radical (unpaired) electrons. The molecule has 1 amide bonds. The summed E-state index contributed by atoms with van der Waals surface area (Å²) in [4.78, 5) is 12.0. The first-order valence-electron chi connectivity index (χ1n) is 6.05. The second-order valence-corrected chi connectivity index (χ2v) is 4.69. The van der Waals surface area contributed by atoms with Gasteiger partial charge >= 0.3 is 0 Å². The Morgan fingerprint density at radius 1 is 1.39 bits per heavy atom. The van der Waals surface area contributed by atoms with Crippen LogP contribution in [0.4, 0.5) is 14.5 Å². The standard InChI is InChI=1S/C13H16F2N2O/c1-8-6-9(4-5-16-8)13(18)17-10-2-3-11(14)12(15)7-10/h2-3,7-9,16H,4-6H2,1H3,(H,17,18). The Kier molecular flexibility index (Phi) is 3.91. The van der Waals surface area contributed by atoms with E-state index in [0.29, 0.717) is 11.7 Å². The summed E-state index contributed by atoms with van der Waals surface area (Å²) in [5, 5.41) is 5.88. The number of carbonyl (C=O) groups is 1. The fourth-order valence-electron chi connectivity index (χ4n) is 2.19. The zero-order valence-electron chi connectivity index (χ0n) is 10.2. The van der Waals surface area contributed by atoms with Gasteiger partial charge in [0.25, 0.3) is 0 Å². The SMILES string of the molecule is CC1CC(C(=O)Nc2ccc(F)c(F)c2)CCN1. The molecule has 1 heterocycles. The van der Waals surface area contributed by atoms with Crippen molar-refractivity contribution >= 4 is 11.6 Å². The Balaban J connectivity index is 2.00. The molecule has 1 aromatic carbocycles. The topological polar surface area (TPSA) is 41.1 Å². The highest BCUT2D eigenvalue weighted by molar-refractivity contribution is 5.92. The maximum atomic E-state index is 13.0. The molecule has 1 aliphatic heterocycles. The number of halogens is 2. The highest BCUT2D eigenvalue weighted by Crippen LogP contribution is 2.19. The number of hydrogen-bond acceptors (Lipinski definition) is 2. The second kappa shape index (κ2) is 5.44. The van der Waals surface area contributed by atoms with Gasteiger partial charge in [0.2, 0.25) is 5.91 Å². The fraction of sp³-hybridized carbons (Fsp3) is 0.462. The van der Waals surface area contributed by atoms with Crippen LogP contribution >= 0.6 is 0 Å². The number of nitrogens with one attached hydrogen (secondary N) is 2. The largest absolute Gasteiger partial charge is 0.326 e. The lowest BCUT2D eigenvalue weighted by atomic mass is 9.92. The van der Waals surface area contributed by atoms with Gasteiger partial charge in [-0.3, -0.25) is 4.79 Å². The highest BCUT2D eigenvalue weighted by atomic mass is 19.2. The lowest BCUT2D eigenvalue weighted by Gasteiger charge is -2.27. The number of rotatable bonds is 2. The summed E-state index contributed by atoms with van der Waals surface area (Å²) in [7, 11) is 0. The van der Waals surface area contributed by atoms with E-state index in [1.54, 1.807) is 0 Å². The van der Waals surface area contributed by atoms with E-state index < -0.39 is 11.6 Å². The zero-order chi connectivity index (χ0) is 13.1. The number of amides is 1. The lowest BCUT2D eigenvalue weighted by molar-refractivity contribution is -0.120. The van der Waals surface area contributed by atoms with Gasteiger partial charge in [-0.15, -0.1) is 0 Å². The van der Waals surface area contributed by atoms with Gasteiger partial charge in [-0.1, -0.05) is 0 Å². The van der Waals surface area contributed by atoms with Crippen molar-refractivity contribution in [1.29, 1.82) is 0 Å². The fourth-order valence-corrected chi connectivity index (χ4v) is 2.19. The van der Waals surface area contributed by atoms with Gasteiger partial charge in [0.05, 0.1) is 0 Å². The van der Waals surface area contributed by atoms with E-state index in [1.807, 2.05) is 6.92 Å². The van der Waals surface area contributed by atoms with E-state index in [1.165, 1.54) is 6.07 Å². The van der Waals surface area contributed by atoms with E-state index in [-0.39, 0.29) is 11.8 Å². The van der Waals surface area contributed by atoms with Gasteiger partial charge in [-0.2, -0.15) is 0 Å². The Morgan fingerprint density at radius 2 is 2.17 bits per heavy atom. The van der Waals surface area contributed by atoms with Crippen LogP contribution in [0.2, 0.25) is 0 Å². The Bertz CT molecular complexity index is 451. The summed E-state index contributed by atoms with van der Waals surface area (Å²) in [6.07, 6.45) is 1.52. The maximum absolute atomic E-state index is 13.0. The minimum Gasteiger partial charge on any atom is -0.326 e. The molecule has 0 aliphatic carbocycles. The first-order valence-corrected chi connectivity index (χ1v) is 6.05. The molecule has 3 nitrogen and oxygen atoms in total. The molecule has 1 aliphatic rings. The lowest BCUT2D eigenvalue weighted by Crippen LogP contribution is -2.40. The minimum absolute atomic E-state index is 0.0747. The number of hydrogen-bond donors (Lipinski definition) is 2. The third kappa shape index (κ3) is 3.04. The average molecular weight is 254 g/mol. The molecule has 98 valence electrons. The zero-order valence-corrected chi connectivity index (χ0v) is 10.2. The Morgan fingerprint density at radius 3 is 2.83 bits per heavy atom. The summed E-state index contributed by atoms with van der Waals surface area (Å²) in [5.41, 5.74) is 0.296. The van der Waals surface area contributed by atoms with Crippen LogP contribution in [0, 0.1) is 17.6 Å². The van der Waals surface area contributed by atoms with Gasteiger partial charge in [0.1, 0.15) is 0 Å². The predicted molar refractivity (Wildman–Crippen MR) is 65.2 cm³/mol. The van der Waals surface area contributed by atoms with E-state index in [4.69, 9.17) is 0 Å². The van der Waals surface area contributed by atoms with Crippen molar-refractivity contribution in [1.82, 2.24) is 5.32 Å². The second-order valence-electron chi connectivity index (χ2n) is 4.69. The monoisotopic (exact) mass is 254 g/mol. The molecule has 1 saturated heterocycles. The van der Waals surface area contributed by atoms with Crippen molar-refractivity contribution in [3.8, 4) is 0 Å². The molecule has 2 unspecified atom stereocenters. The molecule has 1 fully saturated rings. The molecule has 0 bridgehead atoms. The van der Waals surface area contributed by atoms with Crippen LogP contribution in [-0.2, 0) is 4.79 Å². The van der Waals surface area contributed by atoms with Gasteiger partial charge in [0, 0.05) is 23.7 Å². The molecule has 0 aromatic heterocycles. The molecule has 18 heavy (non-hydrogen) atoms. The van der Waals surface area contributed by atoms with Crippen LogP contribution in [0.3, 0.4) is 0 Å². The summed E-state index contributed by atoms with van der Waals surface area (Å²) < 4.78 is 25.7. The molecular formula is C13H16F2N2O. The third-order valence-electron chi connectivity index (χ3n) is 3.18. The van der Waals surface area contributed by atoms with Crippen molar-refractivity contribution in [3.63, 3.8) is 0 Å². The van der Waals surface area contributed by atoms with Gasteiger partial charge in [-0.25, -0.2) is 8.78 Å². The van der Waals surface area contributed by atoms with Gasteiger partial charge in [0.15, 0.2) is 11.6 Å². The van der Waals surface area contributed by atoms with Crippen molar-refractivity contribution in [2.24, 2.45) is 5.92 Å². The Hall–Kier alpha value is -1.49. The van der Waals surface area contributed by atoms with Gasteiger partial charge in [-0.05, 0) is 38.4 Å². The molecule has 5 heteroatoms. The normalized spacial score (nSPS) is 23.7. The van der Waals surface area contributed by atoms with Crippen molar-refractivity contribution < 1.29 is 13.6 Å². The van der Waals surface area contributed by atoms with Crippen LogP contribution < -0.4 is 10.6 Å². The van der Waals surface area contributed by atoms with Crippen LogP contribution in [0.15, 0.2) is 18.2 Å². The molecule has 2 atom stereocenters. The molecule has 2 rings (SSSR count). The quantitative estimate of drug-likeness (QED) is 0.850.